The number of allylic oxidation sites excluding steroid dienone is 1. The fourth-order valence-corrected chi connectivity index (χ4v) is 3.60. The lowest BCUT2D eigenvalue weighted by Gasteiger charge is -2.12. The van der Waals surface area contributed by atoms with Gasteiger partial charge in [-0.05, 0) is 42.0 Å². The smallest absolute Gasteiger partial charge is 0.259 e. The molecule has 4 rings (SSSR count). The third-order valence-electron chi connectivity index (χ3n) is 4.88. The van der Waals surface area contributed by atoms with Crippen LogP contribution in [0.25, 0.3) is 6.08 Å². The van der Waals surface area contributed by atoms with E-state index in [1.807, 2.05) is 85.5 Å². The topological polar surface area (TPSA) is 24.2 Å². The summed E-state index contributed by atoms with van der Waals surface area (Å²) >= 11 is 6.06. The Morgan fingerprint density at radius 3 is 2.33 bits per heavy atom. The molecule has 1 aliphatic rings. The van der Waals surface area contributed by atoms with Crippen LogP contribution in [0, 0.1) is 0 Å². The molecule has 1 unspecified atom stereocenters. The van der Waals surface area contributed by atoms with Crippen LogP contribution in [0.1, 0.15) is 27.7 Å². The van der Waals surface area contributed by atoms with Crippen LogP contribution in [0.5, 0.6) is 0 Å². The predicted molar refractivity (Wildman–Crippen MR) is 109 cm³/mol. The molecule has 3 nitrogen and oxygen atoms in total. The first kappa shape index (κ1) is 17.5. The normalized spacial score (nSPS) is 17.2. The molecular weight excluding hydrogens is 356 g/mol. The van der Waals surface area contributed by atoms with Crippen molar-refractivity contribution < 1.29 is 9.36 Å². The van der Waals surface area contributed by atoms with Crippen LogP contribution in [-0.4, -0.2) is 19.9 Å². The number of hydrogen-bond acceptors (Lipinski definition) is 2. The van der Waals surface area contributed by atoms with Gasteiger partial charge in [-0.1, -0.05) is 35.9 Å². The fraction of sp³-hybridized carbons (Fsp3) is 0.130. The molecule has 1 aliphatic heterocycles. The lowest BCUT2D eigenvalue weighted by Crippen LogP contribution is -2.38. The number of Topliss-reactive ketones (excluding diaryl/α,β-unsaturated/α-hetero) is 1. The zero-order valence-corrected chi connectivity index (χ0v) is 16.0. The van der Waals surface area contributed by atoms with Crippen molar-refractivity contribution in [2.24, 2.45) is 0 Å². The van der Waals surface area contributed by atoms with Crippen molar-refractivity contribution in [1.29, 1.82) is 0 Å². The van der Waals surface area contributed by atoms with Crippen LogP contribution in [0.15, 0.2) is 78.5 Å². The molecule has 3 aromatic rings. The molecule has 0 N–H and O–H groups in total. The number of pyridine rings is 1. The van der Waals surface area contributed by atoms with Gasteiger partial charge in [0, 0.05) is 42.5 Å². The van der Waals surface area contributed by atoms with E-state index in [0.717, 1.165) is 22.4 Å². The molecule has 0 fully saturated rings. The van der Waals surface area contributed by atoms with E-state index in [1.165, 1.54) is 0 Å². The van der Waals surface area contributed by atoms with Crippen molar-refractivity contribution in [3.8, 4) is 0 Å². The predicted octanol–water partition coefficient (Wildman–Crippen LogP) is 4.56. The standard InChI is InChI=1S/C23H20ClN2O/c1-25(2)19-12-6-16(7-13-19)15-20-22(17-8-10-18(24)11-9-17)26-14-4-3-5-21(26)23(20)27/h3-15,22H,1-2H3/q+1/b20-15-. The summed E-state index contributed by atoms with van der Waals surface area (Å²) in [4.78, 5) is 15.2. The van der Waals surface area contributed by atoms with Crippen molar-refractivity contribution in [1.82, 2.24) is 0 Å². The second-order valence-electron chi connectivity index (χ2n) is 6.86. The SMILES string of the molecule is CN(C)c1ccc(/C=C2\C(=O)c3cccc[n+]3C2c2ccc(Cl)cc2)cc1. The van der Waals surface area contributed by atoms with Gasteiger partial charge in [-0.2, -0.15) is 4.57 Å². The lowest BCUT2D eigenvalue weighted by atomic mass is 9.96. The minimum atomic E-state index is -0.153. The summed E-state index contributed by atoms with van der Waals surface area (Å²) in [5.41, 5.74) is 4.65. The highest BCUT2D eigenvalue weighted by molar-refractivity contribution is 6.30. The second kappa shape index (κ2) is 7.01. The number of fused-ring (bicyclic) bond motifs is 1. The van der Waals surface area contributed by atoms with Gasteiger partial charge in [0.2, 0.25) is 6.04 Å². The third-order valence-corrected chi connectivity index (χ3v) is 5.13. The van der Waals surface area contributed by atoms with Crippen molar-refractivity contribution in [3.63, 3.8) is 0 Å². The van der Waals surface area contributed by atoms with E-state index < -0.39 is 0 Å². The maximum absolute atomic E-state index is 13.1. The Labute approximate surface area is 164 Å². The Kier molecular flexibility index (Phi) is 4.54. The second-order valence-corrected chi connectivity index (χ2v) is 7.30. The van der Waals surface area contributed by atoms with E-state index in [-0.39, 0.29) is 11.8 Å². The van der Waals surface area contributed by atoms with Crippen LogP contribution in [-0.2, 0) is 0 Å². The number of aromatic nitrogens is 1. The van der Waals surface area contributed by atoms with E-state index >= 15 is 0 Å². The van der Waals surface area contributed by atoms with Crippen LogP contribution in [0.3, 0.4) is 0 Å². The molecule has 1 aromatic heterocycles. The maximum Gasteiger partial charge on any atom is 0.259 e. The first-order valence-corrected chi connectivity index (χ1v) is 9.22. The molecule has 4 heteroatoms. The van der Waals surface area contributed by atoms with Gasteiger partial charge >= 0.3 is 0 Å². The van der Waals surface area contributed by atoms with Crippen molar-refractivity contribution in [2.75, 3.05) is 19.0 Å². The van der Waals surface area contributed by atoms with E-state index in [1.54, 1.807) is 0 Å². The van der Waals surface area contributed by atoms with Crippen molar-refractivity contribution in [2.45, 2.75) is 6.04 Å². The van der Waals surface area contributed by atoms with Gasteiger partial charge in [0.15, 0.2) is 6.20 Å². The summed E-state index contributed by atoms with van der Waals surface area (Å²) in [7, 11) is 4.02. The molecule has 0 aliphatic carbocycles. The zero-order chi connectivity index (χ0) is 19.0. The lowest BCUT2D eigenvalue weighted by molar-refractivity contribution is -0.700. The molecule has 27 heavy (non-hydrogen) atoms. The summed E-state index contributed by atoms with van der Waals surface area (Å²) in [6, 6.07) is 21.5. The number of carbonyl (C=O) groups excluding carboxylic acids is 1. The molecule has 2 aromatic carbocycles. The number of rotatable bonds is 3. The van der Waals surface area contributed by atoms with Crippen molar-refractivity contribution >= 4 is 29.1 Å². The fourth-order valence-electron chi connectivity index (χ4n) is 3.47. The number of benzene rings is 2. The Hall–Kier alpha value is -2.91. The van der Waals surface area contributed by atoms with E-state index in [9.17, 15) is 4.79 Å². The zero-order valence-electron chi connectivity index (χ0n) is 15.3. The Balaban J connectivity index is 1.82. The highest BCUT2D eigenvalue weighted by atomic mass is 35.5. The maximum atomic E-state index is 13.1. The number of hydrogen-bond donors (Lipinski definition) is 0. The Morgan fingerprint density at radius 2 is 1.67 bits per heavy atom. The first-order chi connectivity index (χ1) is 13.0. The molecule has 0 saturated heterocycles. The van der Waals surface area contributed by atoms with E-state index in [2.05, 4.69) is 17.0 Å². The van der Waals surface area contributed by atoms with Crippen LogP contribution < -0.4 is 9.47 Å². The Morgan fingerprint density at radius 1 is 0.963 bits per heavy atom. The van der Waals surface area contributed by atoms with Crippen LogP contribution >= 0.6 is 11.6 Å². The van der Waals surface area contributed by atoms with Gasteiger partial charge in [0.05, 0.1) is 5.57 Å². The minimum absolute atomic E-state index is 0.0623. The van der Waals surface area contributed by atoms with Gasteiger partial charge < -0.3 is 4.90 Å². The summed E-state index contributed by atoms with van der Waals surface area (Å²) < 4.78 is 2.03. The van der Waals surface area contributed by atoms with Crippen LogP contribution in [0.2, 0.25) is 5.02 Å². The average Bonchev–Trinajstić information content (AvgIpc) is 2.95. The molecule has 0 radical (unpaired) electrons. The largest absolute Gasteiger partial charge is 0.378 e. The minimum Gasteiger partial charge on any atom is -0.378 e. The van der Waals surface area contributed by atoms with E-state index in [0.29, 0.717) is 10.7 Å². The highest BCUT2D eigenvalue weighted by Crippen LogP contribution is 2.32. The molecule has 0 bridgehead atoms. The number of ketones is 1. The molecular formula is C23H20ClN2O+. The Bertz CT molecular complexity index is 1020. The highest BCUT2D eigenvalue weighted by Gasteiger charge is 2.43. The molecule has 0 amide bonds. The number of nitrogens with zero attached hydrogens (tertiary/aromatic N) is 2. The molecule has 0 saturated carbocycles. The van der Waals surface area contributed by atoms with Gasteiger partial charge in [-0.25, -0.2) is 0 Å². The summed E-state index contributed by atoms with van der Waals surface area (Å²) in [5, 5.41) is 0.686. The van der Waals surface area contributed by atoms with Crippen LogP contribution in [0.4, 0.5) is 5.69 Å². The summed E-state index contributed by atoms with van der Waals surface area (Å²) in [5.74, 6) is 0.0623. The quantitative estimate of drug-likeness (QED) is 0.495. The number of carbonyl (C=O) groups is 1. The van der Waals surface area contributed by atoms with Gasteiger partial charge in [-0.3, -0.25) is 4.79 Å². The molecule has 2 heterocycles. The summed E-state index contributed by atoms with van der Waals surface area (Å²) in [6.45, 7) is 0. The van der Waals surface area contributed by atoms with Gasteiger partial charge in [0.1, 0.15) is 0 Å². The first-order valence-electron chi connectivity index (χ1n) is 8.84. The average molecular weight is 376 g/mol. The van der Waals surface area contributed by atoms with E-state index in [4.69, 9.17) is 11.6 Å². The molecule has 134 valence electrons. The number of anilines is 1. The molecule has 0 spiro atoms. The van der Waals surface area contributed by atoms with Gasteiger partial charge in [-0.15, -0.1) is 0 Å². The monoisotopic (exact) mass is 375 g/mol. The third kappa shape index (κ3) is 3.26. The van der Waals surface area contributed by atoms with Crippen molar-refractivity contribution in [3.05, 3.63) is 100 Å². The van der Waals surface area contributed by atoms with Gasteiger partial charge in [0.25, 0.3) is 11.5 Å². The number of halogens is 1. The summed E-state index contributed by atoms with van der Waals surface area (Å²) in [6.07, 6.45) is 3.95. The molecule has 1 atom stereocenters.